The van der Waals surface area contributed by atoms with Crippen molar-refractivity contribution in [3.8, 4) is 5.75 Å². The summed E-state index contributed by atoms with van der Waals surface area (Å²) in [7, 11) is 1.46. The minimum Gasteiger partial charge on any atom is -0.495 e. The minimum atomic E-state index is -0.652. The SMILES string of the molecule is COc1cccc(C(=O)OCC(=O)NCC(C)C)c1N. The number of anilines is 1. The van der Waals surface area contributed by atoms with Crippen molar-refractivity contribution in [1.29, 1.82) is 0 Å². The molecule has 1 aromatic rings. The first-order valence-corrected chi connectivity index (χ1v) is 6.32. The van der Waals surface area contributed by atoms with Crippen molar-refractivity contribution in [2.24, 2.45) is 5.92 Å². The van der Waals surface area contributed by atoms with Crippen molar-refractivity contribution in [3.63, 3.8) is 0 Å². The smallest absolute Gasteiger partial charge is 0.340 e. The van der Waals surface area contributed by atoms with Gasteiger partial charge in [-0.25, -0.2) is 4.79 Å². The van der Waals surface area contributed by atoms with E-state index < -0.39 is 5.97 Å². The zero-order valence-corrected chi connectivity index (χ0v) is 11.9. The molecule has 6 heteroatoms. The third kappa shape index (κ3) is 4.46. The molecule has 0 aliphatic rings. The highest BCUT2D eigenvalue weighted by Crippen LogP contribution is 2.25. The number of amides is 1. The lowest BCUT2D eigenvalue weighted by molar-refractivity contribution is -0.124. The zero-order chi connectivity index (χ0) is 15.1. The van der Waals surface area contributed by atoms with E-state index in [0.29, 0.717) is 18.2 Å². The Kier molecular flexibility index (Phi) is 5.83. The molecule has 0 heterocycles. The van der Waals surface area contributed by atoms with Gasteiger partial charge in [0.05, 0.1) is 18.4 Å². The maximum Gasteiger partial charge on any atom is 0.340 e. The van der Waals surface area contributed by atoms with E-state index in [0.717, 1.165) is 0 Å². The molecular formula is C14H20N2O4. The number of ether oxygens (including phenoxy) is 2. The van der Waals surface area contributed by atoms with Gasteiger partial charge in [0, 0.05) is 6.54 Å². The fourth-order valence-electron chi connectivity index (χ4n) is 1.48. The summed E-state index contributed by atoms with van der Waals surface area (Å²) >= 11 is 0. The Hall–Kier alpha value is -2.24. The molecule has 1 aromatic carbocycles. The highest BCUT2D eigenvalue weighted by atomic mass is 16.5. The van der Waals surface area contributed by atoms with Crippen LogP contribution >= 0.6 is 0 Å². The van der Waals surface area contributed by atoms with E-state index in [1.54, 1.807) is 12.1 Å². The van der Waals surface area contributed by atoms with E-state index in [4.69, 9.17) is 15.2 Å². The second-order valence-electron chi connectivity index (χ2n) is 4.70. The van der Waals surface area contributed by atoms with Crippen molar-refractivity contribution in [2.75, 3.05) is 26.0 Å². The number of carbonyl (C=O) groups is 2. The Labute approximate surface area is 118 Å². The van der Waals surface area contributed by atoms with Gasteiger partial charge in [-0.15, -0.1) is 0 Å². The topological polar surface area (TPSA) is 90.6 Å². The van der Waals surface area contributed by atoms with Gasteiger partial charge in [-0.3, -0.25) is 4.79 Å². The molecular weight excluding hydrogens is 260 g/mol. The summed E-state index contributed by atoms with van der Waals surface area (Å²) in [6, 6.07) is 4.79. The molecule has 0 aliphatic carbocycles. The van der Waals surface area contributed by atoms with Crippen molar-refractivity contribution in [1.82, 2.24) is 5.32 Å². The van der Waals surface area contributed by atoms with Gasteiger partial charge in [0.2, 0.25) is 0 Å². The van der Waals surface area contributed by atoms with E-state index in [1.165, 1.54) is 13.2 Å². The van der Waals surface area contributed by atoms with Gasteiger partial charge in [-0.2, -0.15) is 0 Å². The Morgan fingerprint density at radius 1 is 1.35 bits per heavy atom. The summed E-state index contributed by atoms with van der Waals surface area (Å²) < 4.78 is 9.93. The number of rotatable bonds is 6. The first-order chi connectivity index (χ1) is 9.45. The van der Waals surface area contributed by atoms with E-state index in [1.807, 2.05) is 13.8 Å². The summed E-state index contributed by atoms with van der Waals surface area (Å²) in [5.74, 6) is -0.262. The molecule has 0 spiro atoms. The Bertz CT molecular complexity index is 486. The number of nitrogen functional groups attached to an aromatic ring is 1. The number of hydrogen-bond donors (Lipinski definition) is 2. The molecule has 0 unspecified atom stereocenters. The van der Waals surface area contributed by atoms with Crippen molar-refractivity contribution in [3.05, 3.63) is 23.8 Å². The maximum atomic E-state index is 11.8. The largest absolute Gasteiger partial charge is 0.495 e. The molecule has 0 fully saturated rings. The molecule has 0 aromatic heterocycles. The van der Waals surface area contributed by atoms with Gasteiger partial charge in [-0.05, 0) is 18.1 Å². The normalized spacial score (nSPS) is 10.2. The van der Waals surface area contributed by atoms with Crippen molar-refractivity contribution in [2.45, 2.75) is 13.8 Å². The van der Waals surface area contributed by atoms with E-state index in [2.05, 4.69) is 5.32 Å². The van der Waals surface area contributed by atoms with Crippen LogP contribution in [0.15, 0.2) is 18.2 Å². The van der Waals surface area contributed by atoms with E-state index >= 15 is 0 Å². The standard InChI is InChI=1S/C14H20N2O4/c1-9(2)7-16-12(17)8-20-14(18)10-5-4-6-11(19-3)13(10)15/h4-6,9H,7-8,15H2,1-3H3,(H,16,17). The summed E-state index contributed by atoms with van der Waals surface area (Å²) in [5.41, 5.74) is 6.15. The summed E-state index contributed by atoms with van der Waals surface area (Å²) in [4.78, 5) is 23.3. The Balaban J connectivity index is 2.57. The van der Waals surface area contributed by atoms with Crippen LogP contribution in [0.4, 0.5) is 5.69 Å². The first-order valence-electron chi connectivity index (χ1n) is 6.32. The molecule has 6 nitrogen and oxygen atoms in total. The van der Waals surface area contributed by atoms with Gasteiger partial charge in [0.15, 0.2) is 6.61 Å². The van der Waals surface area contributed by atoms with Crippen LogP contribution in [-0.2, 0) is 9.53 Å². The van der Waals surface area contributed by atoms with Crippen LogP contribution < -0.4 is 15.8 Å². The number of para-hydroxylation sites is 1. The van der Waals surface area contributed by atoms with Gasteiger partial charge in [0.25, 0.3) is 5.91 Å². The molecule has 20 heavy (non-hydrogen) atoms. The van der Waals surface area contributed by atoms with E-state index in [9.17, 15) is 9.59 Å². The first kappa shape index (κ1) is 15.8. The van der Waals surface area contributed by atoms with Crippen LogP contribution in [0.25, 0.3) is 0 Å². The van der Waals surface area contributed by atoms with Crippen molar-refractivity contribution >= 4 is 17.6 Å². The van der Waals surface area contributed by atoms with E-state index in [-0.39, 0.29) is 23.8 Å². The lowest BCUT2D eigenvalue weighted by atomic mass is 10.1. The molecule has 0 bridgehead atoms. The number of carbonyl (C=O) groups excluding carboxylic acids is 2. The average molecular weight is 280 g/mol. The van der Waals surface area contributed by atoms with Crippen LogP contribution in [0.5, 0.6) is 5.75 Å². The molecule has 0 saturated heterocycles. The second-order valence-corrected chi connectivity index (χ2v) is 4.70. The summed E-state index contributed by atoms with van der Waals surface area (Å²) in [6.07, 6.45) is 0. The van der Waals surface area contributed by atoms with Crippen LogP contribution in [0.2, 0.25) is 0 Å². The summed E-state index contributed by atoms with van der Waals surface area (Å²) in [5, 5.41) is 2.65. The van der Waals surface area contributed by atoms with Crippen LogP contribution in [-0.4, -0.2) is 32.1 Å². The predicted molar refractivity (Wildman–Crippen MR) is 75.5 cm³/mol. The number of hydrogen-bond acceptors (Lipinski definition) is 5. The number of esters is 1. The van der Waals surface area contributed by atoms with Crippen LogP contribution in [0, 0.1) is 5.92 Å². The Morgan fingerprint density at radius 3 is 2.65 bits per heavy atom. The fraction of sp³-hybridized carbons (Fsp3) is 0.429. The van der Waals surface area contributed by atoms with Gasteiger partial charge in [0.1, 0.15) is 5.75 Å². The third-order valence-electron chi connectivity index (χ3n) is 2.55. The molecule has 1 rings (SSSR count). The van der Waals surface area contributed by atoms with Gasteiger partial charge >= 0.3 is 5.97 Å². The number of nitrogens with two attached hydrogens (primary N) is 1. The molecule has 1 amide bonds. The van der Waals surface area contributed by atoms with Gasteiger partial charge in [-0.1, -0.05) is 19.9 Å². The number of benzene rings is 1. The lowest BCUT2D eigenvalue weighted by Gasteiger charge is -2.10. The van der Waals surface area contributed by atoms with Crippen molar-refractivity contribution < 1.29 is 19.1 Å². The van der Waals surface area contributed by atoms with Gasteiger partial charge < -0.3 is 20.5 Å². The lowest BCUT2D eigenvalue weighted by Crippen LogP contribution is -2.31. The molecule has 110 valence electrons. The zero-order valence-electron chi connectivity index (χ0n) is 11.9. The molecule has 0 atom stereocenters. The second kappa shape index (κ2) is 7.37. The maximum absolute atomic E-state index is 11.8. The number of methoxy groups -OCH3 is 1. The fourth-order valence-corrected chi connectivity index (χ4v) is 1.48. The minimum absolute atomic E-state index is 0.181. The monoisotopic (exact) mass is 280 g/mol. The summed E-state index contributed by atoms with van der Waals surface area (Å²) in [6.45, 7) is 4.16. The highest BCUT2D eigenvalue weighted by Gasteiger charge is 2.15. The molecule has 0 aliphatic heterocycles. The highest BCUT2D eigenvalue weighted by molar-refractivity contribution is 5.97. The number of nitrogens with one attached hydrogen (secondary N) is 1. The van der Waals surface area contributed by atoms with Crippen LogP contribution in [0.3, 0.4) is 0 Å². The average Bonchev–Trinajstić information content (AvgIpc) is 2.42. The quantitative estimate of drug-likeness (QED) is 0.603. The van der Waals surface area contributed by atoms with Crippen LogP contribution in [0.1, 0.15) is 24.2 Å². The molecule has 3 N–H and O–H groups in total. The third-order valence-corrected chi connectivity index (χ3v) is 2.55. The Morgan fingerprint density at radius 2 is 2.05 bits per heavy atom. The molecule has 0 radical (unpaired) electrons. The predicted octanol–water partition coefficient (Wildman–Crippen LogP) is 1.21. The molecule has 0 saturated carbocycles.